The van der Waals surface area contributed by atoms with E-state index in [0.29, 0.717) is 17.7 Å². The van der Waals surface area contributed by atoms with Gasteiger partial charge in [-0.1, -0.05) is 41.9 Å². The number of carbonyl (C=O) groups is 1. The first-order chi connectivity index (χ1) is 14.1. The van der Waals surface area contributed by atoms with Crippen molar-refractivity contribution < 1.29 is 27.5 Å². The summed E-state index contributed by atoms with van der Waals surface area (Å²) in [5.74, 6) is -1.17. The number of hydrogen-bond donors (Lipinski definition) is 1. The summed E-state index contributed by atoms with van der Waals surface area (Å²) in [6, 6.07) is 13.0. The Morgan fingerprint density at radius 1 is 1.03 bits per heavy atom. The van der Waals surface area contributed by atoms with Gasteiger partial charge in [0, 0.05) is 12.6 Å². The van der Waals surface area contributed by atoms with Gasteiger partial charge >= 0.3 is 6.18 Å². The molecule has 0 radical (unpaired) electrons. The number of carboxylic acid groups (broad SMARTS) is 1. The lowest BCUT2D eigenvalue weighted by atomic mass is 9.80. The number of amides is 1. The molecular weight excluding hydrogens is 424 g/mol. The summed E-state index contributed by atoms with van der Waals surface area (Å²) in [6.45, 7) is 0. The first-order valence-electron chi connectivity index (χ1n) is 8.63. The van der Waals surface area contributed by atoms with Crippen LogP contribution in [0.3, 0.4) is 0 Å². The smallest absolute Gasteiger partial charge is 0.416 e. The molecule has 0 aliphatic carbocycles. The van der Waals surface area contributed by atoms with Crippen molar-refractivity contribution in [3.05, 3.63) is 100 Å². The quantitative estimate of drug-likeness (QED) is 0.605. The fourth-order valence-electron chi connectivity index (χ4n) is 3.23. The van der Waals surface area contributed by atoms with Gasteiger partial charge in [-0.3, -0.25) is 4.98 Å². The number of benzene rings is 2. The van der Waals surface area contributed by atoms with E-state index >= 15 is 0 Å². The predicted molar refractivity (Wildman–Crippen MR) is 100 cm³/mol. The molecule has 9 heteroatoms. The van der Waals surface area contributed by atoms with E-state index < -0.39 is 29.2 Å². The lowest BCUT2D eigenvalue weighted by molar-refractivity contribution is -0.253. The molecule has 0 aliphatic heterocycles. The van der Waals surface area contributed by atoms with Gasteiger partial charge in [0.25, 0.3) is 0 Å². The van der Waals surface area contributed by atoms with E-state index in [1.165, 1.54) is 18.3 Å². The van der Waals surface area contributed by atoms with E-state index in [-0.39, 0.29) is 22.7 Å². The minimum atomic E-state index is -4.84. The minimum absolute atomic E-state index is 0.0266. The third-order valence-electron chi connectivity index (χ3n) is 4.51. The third kappa shape index (κ3) is 4.71. The van der Waals surface area contributed by atoms with Crippen molar-refractivity contribution in [2.24, 2.45) is 0 Å². The molecule has 3 aromatic rings. The van der Waals surface area contributed by atoms with E-state index in [1.54, 1.807) is 30.3 Å². The largest absolute Gasteiger partial charge is 0.530 e. The van der Waals surface area contributed by atoms with Gasteiger partial charge in [0.05, 0.1) is 16.3 Å². The zero-order chi connectivity index (χ0) is 21.9. The number of rotatable bonds is 5. The number of hydrogen-bond acceptors (Lipinski definition) is 3. The Morgan fingerprint density at radius 3 is 2.27 bits per heavy atom. The monoisotopic (exact) mass is 437 g/mol. The molecule has 1 N–H and O–H groups in total. The van der Waals surface area contributed by atoms with Gasteiger partial charge in [-0.05, 0) is 41.5 Å². The summed E-state index contributed by atoms with van der Waals surface area (Å²) >= 11 is 5.86. The highest BCUT2D eigenvalue weighted by atomic mass is 35.5. The lowest BCUT2D eigenvalue weighted by Crippen LogP contribution is -2.53. The van der Waals surface area contributed by atoms with Crippen LogP contribution in [0.15, 0.2) is 66.9 Å². The number of halogens is 5. The summed E-state index contributed by atoms with van der Waals surface area (Å²) in [6.07, 6.45) is -5.54. The normalized spacial score (nSPS) is 13.5. The van der Waals surface area contributed by atoms with Gasteiger partial charge < -0.3 is 15.2 Å². The standard InChI is InChI=1S/C21H15ClF4N2O2/c22-16-6-7-18(27-12-16)20(28-19(29)30,11-13-4-2-1-3-5-13)14-8-15(21(24,25)26)10-17(23)9-14/h1-10,12,28H,11H2,(H,29,30)/p-1. The van der Waals surface area contributed by atoms with Gasteiger partial charge in [0.1, 0.15) is 17.4 Å². The molecule has 1 unspecified atom stereocenters. The van der Waals surface area contributed by atoms with Crippen LogP contribution >= 0.6 is 11.6 Å². The van der Waals surface area contributed by atoms with Crippen LogP contribution in [0.2, 0.25) is 5.02 Å². The van der Waals surface area contributed by atoms with Crippen molar-refractivity contribution in [1.82, 2.24) is 10.3 Å². The first kappa shape index (κ1) is 21.6. The Kier molecular flexibility index (Phi) is 5.98. The maximum absolute atomic E-state index is 14.2. The summed E-state index contributed by atoms with van der Waals surface area (Å²) in [7, 11) is 0. The zero-order valence-corrected chi connectivity index (χ0v) is 16.0. The molecule has 0 bridgehead atoms. The van der Waals surface area contributed by atoms with Crippen LogP contribution in [0.25, 0.3) is 0 Å². The van der Waals surface area contributed by atoms with Crippen molar-refractivity contribution in [1.29, 1.82) is 0 Å². The molecule has 4 nitrogen and oxygen atoms in total. The number of nitrogens with zero attached hydrogens (tertiary/aromatic N) is 1. The molecule has 1 heterocycles. The Bertz CT molecular complexity index is 1040. The van der Waals surface area contributed by atoms with E-state index in [9.17, 15) is 27.5 Å². The molecule has 1 aromatic heterocycles. The second-order valence-corrected chi connectivity index (χ2v) is 7.00. The van der Waals surface area contributed by atoms with Crippen LogP contribution in [-0.2, 0) is 18.1 Å². The van der Waals surface area contributed by atoms with Gasteiger partial charge in [-0.25, -0.2) is 4.39 Å². The molecule has 1 atom stereocenters. The molecule has 0 saturated heterocycles. The topological polar surface area (TPSA) is 65.0 Å². The summed E-state index contributed by atoms with van der Waals surface area (Å²) in [5.41, 5.74) is -2.81. The van der Waals surface area contributed by atoms with Crippen LogP contribution in [0, 0.1) is 5.82 Å². The Hall–Kier alpha value is -3.13. The van der Waals surface area contributed by atoms with Crippen molar-refractivity contribution in [2.75, 3.05) is 0 Å². The van der Waals surface area contributed by atoms with E-state index in [4.69, 9.17) is 11.6 Å². The fourth-order valence-corrected chi connectivity index (χ4v) is 3.34. The molecule has 156 valence electrons. The van der Waals surface area contributed by atoms with Crippen molar-refractivity contribution in [2.45, 2.75) is 18.1 Å². The second-order valence-electron chi connectivity index (χ2n) is 6.57. The van der Waals surface area contributed by atoms with Gasteiger partial charge in [-0.2, -0.15) is 13.2 Å². The Morgan fingerprint density at radius 2 is 1.70 bits per heavy atom. The van der Waals surface area contributed by atoms with E-state index in [1.807, 2.05) is 0 Å². The van der Waals surface area contributed by atoms with Crippen molar-refractivity contribution in [3.63, 3.8) is 0 Å². The molecule has 0 spiro atoms. The number of pyridine rings is 1. The molecule has 0 aliphatic rings. The van der Waals surface area contributed by atoms with Crippen LogP contribution in [0.1, 0.15) is 22.4 Å². The molecular formula is C21H14ClF4N2O2-. The summed E-state index contributed by atoms with van der Waals surface area (Å²) in [4.78, 5) is 15.7. The number of nitrogens with one attached hydrogen (secondary N) is 1. The van der Waals surface area contributed by atoms with Gasteiger partial charge in [0.15, 0.2) is 0 Å². The number of alkyl halides is 3. The summed E-state index contributed by atoms with van der Waals surface area (Å²) in [5, 5.41) is 14.0. The molecule has 1 amide bonds. The van der Waals surface area contributed by atoms with E-state index in [2.05, 4.69) is 10.3 Å². The van der Waals surface area contributed by atoms with Crippen molar-refractivity contribution in [3.8, 4) is 0 Å². The highest BCUT2D eigenvalue weighted by molar-refractivity contribution is 6.30. The first-order valence-corrected chi connectivity index (χ1v) is 9.01. The van der Waals surface area contributed by atoms with Crippen LogP contribution in [0.5, 0.6) is 0 Å². The van der Waals surface area contributed by atoms with Crippen LogP contribution in [-0.4, -0.2) is 11.1 Å². The third-order valence-corrected chi connectivity index (χ3v) is 4.73. The molecule has 2 aromatic carbocycles. The van der Waals surface area contributed by atoms with Gasteiger partial charge in [-0.15, -0.1) is 0 Å². The summed E-state index contributed by atoms with van der Waals surface area (Å²) < 4.78 is 54.2. The molecule has 0 fully saturated rings. The number of carbonyl (C=O) groups excluding carboxylic acids is 1. The maximum atomic E-state index is 14.2. The molecule has 3 rings (SSSR count). The predicted octanol–water partition coefficient (Wildman–Crippen LogP) is 4.31. The highest BCUT2D eigenvalue weighted by Gasteiger charge is 2.39. The van der Waals surface area contributed by atoms with Gasteiger partial charge in [0.2, 0.25) is 0 Å². The molecule has 30 heavy (non-hydrogen) atoms. The Labute approximate surface area is 174 Å². The SMILES string of the molecule is O=C([O-])NC(Cc1ccccc1)(c1cc(F)cc(C(F)(F)F)c1)c1ccc(Cl)cn1. The minimum Gasteiger partial charge on any atom is -0.530 e. The van der Waals surface area contributed by atoms with E-state index in [0.717, 1.165) is 6.07 Å². The zero-order valence-electron chi connectivity index (χ0n) is 15.2. The lowest BCUT2D eigenvalue weighted by Gasteiger charge is -2.37. The Balaban J connectivity index is 2.31. The highest BCUT2D eigenvalue weighted by Crippen LogP contribution is 2.37. The fraction of sp³-hybridized carbons (Fsp3) is 0.143. The van der Waals surface area contributed by atoms with Crippen LogP contribution in [0.4, 0.5) is 22.4 Å². The van der Waals surface area contributed by atoms with Crippen molar-refractivity contribution >= 4 is 17.7 Å². The molecule has 0 saturated carbocycles. The number of aromatic nitrogens is 1. The average Bonchev–Trinajstić information content (AvgIpc) is 2.67. The second kappa shape index (κ2) is 8.31. The van der Waals surface area contributed by atoms with Crippen LogP contribution < -0.4 is 10.4 Å². The maximum Gasteiger partial charge on any atom is 0.416 e. The average molecular weight is 438 g/mol.